The second-order valence-corrected chi connectivity index (χ2v) is 4.79. The summed E-state index contributed by atoms with van der Waals surface area (Å²) < 4.78 is 22.3. The fourth-order valence-electron chi connectivity index (χ4n) is 2.38. The van der Waals surface area contributed by atoms with E-state index < -0.39 is 5.79 Å². The van der Waals surface area contributed by atoms with E-state index in [9.17, 15) is 0 Å². The number of hydrogen-bond donors (Lipinski definition) is 0. The van der Waals surface area contributed by atoms with Crippen LogP contribution in [0.4, 0.5) is 0 Å². The first-order chi connectivity index (χ1) is 9.16. The van der Waals surface area contributed by atoms with E-state index in [4.69, 9.17) is 30.5 Å². The molecule has 0 atom stereocenters. The van der Waals surface area contributed by atoms with Gasteiger partial charge in [0, 0.05) is 12.5 Å². The molecule has 19 heavy (non-hydrogen) atoms. The number of benzene rings is 1. The monoisotopic (exact) mass is 286 g/mol. The zero-order valence-corrected chi connectivity index (χ0v) is 12.3. The van der Waals surface area contributed by atoms with Crippen molar-refractivity contribution in [1.29, 1.82) is 0 Å². The Labute approximate surface area is 118 Å². The van der Waals surface area contributed by atoms with Gasteiger partial charge >= 0.3 is 0 Å². The zero-order valence-electron chi connectivity index (χ0n) is 11.5. The maximum absolute atomic E-state index is 6.21. The highest BCUT2D eigenvalue weighted by Gasteiger charge is 2.40. The lowest BCUT2D eigenvalue weighted by atomic mass is 9.99. The summed E-state index contributed by atoms with van der Waals surface area (Å²) in [6.07, 6.45) is 1.69. The van der Waals surface area contributed by atoms with Gasteiger partial charge in [0.1, 0.15) is 11.5 Å². The molecule has 0 aliphatic carbocycles. The van der Waals surface area contributed by atoms with E-state index in [0.29, 0.717) is 29.7 Å². The van der Waals surface area contributed by atoms with Gasteiger partial charge in [0.15, 0.2) is 5.79 Å². The van der Waals surface area contributed by atoms with Crippen LogP contribution in [0.3, 0.4) is 0 Å². The lowest BCUT2D eigenvalue weighted by molar-refractivity contribution is -0.171. The molecule has 106 valence electrons. The predicted molar refractivity (Wildman–Crippen MR) is 73.0 cm³/mol. The van der Waals surface area contributed by atoms with Crippen molar-refractivity contribution in [1.82, 2.24) is 0 Å². The molecule has 1 aromatic carbocycles. The Hall–Kier alpha value is -0.970. The van der Waals surface area contributed by atoms with Crippen LogP contribution in [0.2, 0.25) is 5.02 Å². The minimum Gasteiger partial charge on any atom is -0.496 e. The smallest absolute Gasteiger partial charge is 0.198 e. The molecule has 0 amide bonds. The predicted octanol–water partition coefficient (Wildman–Crippen LogP) is 3.36. The van der Waals surface area contributed by atoms with Crippen molar-refractivity contribution in [3.05, 3.63) is 22.7 Å². The van der Waals surface area contributed by atoms with Crippen molar-refractivity contribution in [3.63, 3.8) is 0 Å². The average molecular weight is 287 g/mol. The van der Waals surface area contributed by atoms with Crippen LogP contribution in [0.1, 0.15) is 25.3 Å². The number of halogens is 1. The Morgan fingerprint density at radius 2 is 1.79 bits per heavy atom. The Bertz CT molecular complexity index is 441. The Balaban J connectivity index is 2.49. The molecule has 5 heteroatoms. The van der Waals surface area contributed by atoms with Crippen LogP contribution in [0.15, 0.2) is 12.1 Å². The molecule has 0 N–H and O–H groups in total. The summed E-state index contributed by atoms with van der Waals surface area (Å²) in [5.41, 5.74) is 0.820. The Morgan fingerprint density at radius 1 is 1.16 bits per heavy atom. The molecule has 0 saturated carbocycles. The largest absolute Gasteiger partial charge is 0.496 e. The standard InChI is InChI=1S/C14H19ClO4/c1-4-5-14(18-6-7-19-14)10-8-11(15)13(17-3)9-12(10)16-2/h8-9H,4-7H2,1-3H3. The molecule has 0 radical (unpaired) electrons. The van der Waals surface area contributed by atoms with Gasteiger partial charge < -0.3 is 18.9 Å². The summed E-state index contributed by atoms with van der Waals surface area (Å²) in [5, 5.41) is 0.521. The molecule has 0 bridgehead atoms. The third-order valence-corrected chi connectivity index (χ3v) is 3.51. The van der Waals surface area contributed by atoms with Gasteiger partial charge in [0.2, 0.25) is 0 Å². The molecule has 1 aliphatic heterocycles. The fourth-order valence-corrected chi connectivity index (χ4v) is 2.62. The minimum atomic E-state index is -0.754. The van der Waals surface area contributed by atoms with Gasteiger partial charge in [-0.25, -0.2) is 0 Å². The molecule has 2 rings (SSSR count). The summed E-state index contributed by atoms with van der Waals surface area (Å²) >= 11 is 6.21. The van der Waals surface area contributed by atoms with Gasteiger partial charge in [-0.1, -0.05) is 24.9 Å². The van der Waals surface area contributed by atoms with Crippen molar-refractivity contribution in [2.75, 3.05) is 27.4 Å². The summed E-state index contributed by atoms with van der Waals surface area (Å²) in [7, 11) is 3.19. The quantitative estimate of drug-likeness (QED) is 0.832. The van der Waals surface area contributed by atoms with Crippen LogP contribution in [0.25, 0.3) is 0 Å². The van der Waals surface area contributed by atoms with Crippen molar-refractivity contribution >= 4 is 11.6 Å². The third kappa shape index (κ3) is 2.66. The lowest BCUT2D eigenvalue weighted by Crippen LogP contribution is -2.27. The topological polar surface area (TPSA) is 36.9 Å². The van der Waals surface area contributed by atoms with Crippen LogP contribution in [0, 0.1) is 0 Å². The number of methoxy groups -OCH3 is 2. The average Bonchev–Trinajstić information content (AvgIpc) is 2.88. The summed E-state index contributed by atoms with van der Waals surface area (Å²) in [6.45, 7) is 3.24. The molecule has 0 unspecified atom stereocenters. The van der Waals surface area contributed by atoms with Crippen molar-refractivity contribution in [2.24, 2.45) is 0 Å². The third-order valence-electron chi connectivity index (χ3n) is 3.22. The molecular formula is C14H19ClO4. The molecule has 1 aliphatic rings. The zero-order chi connectivity index (χ0) is 13.9. The van der Waals surface area contributed by atoms with E-state index in [0.717, 1.165) is 18.4 Å². The molecule has 0 spiro atoms. The minimum absolute atomic E-state index is 0.521. The molecule has 1 fully saturated rings. The second kappa shape index (κ2) is 5.99. The van der Waals surface area contributed by atoms with Gasteiger partial charge in [-0.05, 0) is 6.07 Å². The van der Waals surface area contributed by atoms with Gasteiger partial charge in [0.25, 0.3) is 0 Å². The highest BCUT2D eigenvalue weighted by molar-refractivity contribution is 6.32. The fraction of sp³-hybridized carbons (Fsp3) is 0.571. The van der Waals surface area contributed by atoms with Crippen LogP contribution >= 0.6 is 11.6 Å². The van der Waals surface area contributed by atoms with Crippen molar-refractivity contribution in [3.8, 4) is 11.5 Å². The van der Waals surface area contributed by atoms with Gasteiger partial charge in [-0.2, -0.15) is 0 Å². The van der Waals surface area contributed by atoms with Gasteiger partial charge in [0.05, 0.1) is 38.0 Å². The molecule has 4 nitrogen and oxygen atoms in total. The first-order valence-electron chi connectivity index (χ1n) is 6.36. The van der Waals surface area contributed by atoms with Gasteiger partial charge in [-0.15, -0.1) is 0 Å². The van der Waals surface area contributed by atoms with E-state index in [1.54, 1.807) is 26.4 Å². The first kappa shape index (κ1) is 14.4. The SMILES string of the molecule is CCCC1(c2cc(Cl)c(OC)cc2OC)OCCO1. The van der Waals surface area contributed by atoms with Crippen LogP contribution in [-0.2, 0) is 15.3 Å². The molecule has 1 saturated heterocycles. The van der Waals surface area contributed by atoms with Crippen LogP contribution < -0.4 is 9.47 Å². The van der Waals surface area contributed by atoms with Crippen LogP contribution in [0.5, 0.6) is 11.5 Å². The van der Waals surface area contributed by atoms with Crippen molar-refractivity contribution < 1.29 is 18.9 Å². The molecule has 1 aromatic rings. The first-order valence-corrected chi connectivity index (χ1v) is 6.74. The van der Waals surface area contributed by atoms with E-state index in [1.807, 2.05) is 0 Å². The Morgan fingerprint density at radius 3 is 2.32 bits per heavy atom. The number of hydrogen-bond acceptors (Lipinski definition) is 4. The normalized spacial score (nSPS) is 17.5. The number of rotatable bonds is 5. The molecular weight excluding hydrogens is 268 g/mol. The van der Waals surface area contributed by atoms with Gasteiger partial charge in [-0.3, -0.25) is 0 Å². The van der Waals surface area contributed by atoms with E-state index in [1.165, 1.54) is 0 Å². The lowest BCUT2D eigenvalue weighted by Gasteiger charge is -2.29. The van der Waals surface area contributed by atoms with Crippen molar-refractivity contribution in [2.45, 2.75) is 25.6 Å². The second-order valence-electron chi connectivity index (χ2n) is 4.39. The van der Waals surface area contributed by atoms with E-state index in [-0.39, 0.29) is 0 Å². The highest BCUT2D eigenvalue weighted by atomic mass is 35.5. The maximum Gasteiger partial charge on any atom is 0.198 e. The summed E-state index contributed by atoms with van der Waals surface area (Å²) in [4.78, 5) is 0. The van der Waals surface area contributed by atoms with Crippen LogP contribution in [-0.4, -0.2) is 27.4 Å². The van der Waals surface area contributed by atoms with E-state index >= 15 is 0 Å². The Kier molecular flexibility index (Phi) is 4.55. The number of ether oxygens (including phenoxy) is 4. The maximum atomic E-state index is 6.21. The summed E-state index contributed by atoms with van der Waals surface area (Å²) in [6, 6.07) is 3.57. The van der Waals surface area contributed by atoms with E-state index in [2.05, 4.69) is 6.92 Å². The molecule has 1 heterocycles. The summed E-state index contributed by atoms with van der Waals surface area (Å²) in [5.74, 6) is 0.485. The highest BCUT2D eigenvalue weighted by Crippen LogP contribution is 2.44. The molecule has 0 aromatic heterocycles.